The van der Waals surface area contributed by atoms with E-state index in [9.17, 15) is 0 Å². The van der Waals surface area contributed by atoms with Gasteiger partial charge in [0.1, 0.15) is 19.0 Å². The Morgan fingerprint density at radius 1 is 0.703 bits per heavy atom. The van der Waals surface area contributed by atoms with Crippen molar-refractivity contribution in [2.24, 2.45) is 0 Å². The van der Waals surface area contributed by atoms with Gasteiger partial charge < -0.3 is 24.3 Å². The van der Waals surface area contributed by atoms with Crippen LogP contribution in [0.1, 0.15) is 33.9 Å². The van der Waals surface area contributed by atoms with Gasteiger partial charge in [0.2, 0.25) is 5.75 Å². The molecule has 5 rings (SSSR count). The molecule has 0 aliphatic carbocycles. The van der Waals surface area contributed by atoms with Crippen LogP contribution in [-0.2, 0) is 26.1 Å². The molecule has 5 heteroatoms. The highest BCUT2D eigenvalue weighted by molar-refractivity contribution is 5.54. The summed E-state index contributed by atoms with van der Waals surface area (Å²) in [5.41, 5.74) is 5.95. The molecule has 0 spiro atoms. The molecule has 0 aromatic heterocycles. The molecule has 4 aromatic rings. The molecule has 1 heterocycles. The molecular weight excluding hydrogens is 462 g/mol. The first-order valence-electron chi connectivity index (χ1n) is 12.7. The molecule has 1 aliphatic heterocycles. The quantitative estimate of drug-likeness (QED) is 0.280. The van der Waals surface area contributed by atoms with E-state index >= 15 is 0 Å². The minimum absolute atomic E-state index is 0.187. The van der Waals surface area contributed by atoms with Crippen molar-refractivity contribution < 1.29 is 18.9 Å². The molecule has 4 aromatic carbocycles. The summed E-state index contributed by atoms with van der Waals surface area (Å²) in [5.74, 6) is 2.87. The van der Waals surface area contributed by atoms with E-state index in [1.165, 1.54) is 11.1 Å². The SMILES string of the molecule is COc1ccc2c(c1)CCN[C@@H]2Cc1cc(OCc2ccccc2)c(OC)c(OCc2ccccc2)c1. The second-order valence-corrected chi connectivity index (χ2v) is 9.20. The highest BCUT2D eigenvalue weighted by Crippen LogP contribution is 2.41. The van der Waals surface area contributed by atoms with Crippen molar-refractivity contribution in [2.75, 3.05) is 20.8 Å². The van der Waals surface area contributed by atoms with Gasteiger partial charge in [-0.2, -0.15) is 0 Å². The third-order valence-electron chi connectivity index (χ3n) is 6.71. The number of methoxy groups -OCH3 is 2. The van der Waals surface area contributed by atoms with Crippen molar-refractivity contribution in [2.45, 2.75) is 32.1 Å². The monoisotopic (exact) mass is 495 g/mol. The molecule has 190 valence electrons. The van der Waals surface area contributed by atoms with Crippen molar-refractivity contribution in [3.63, 3.8) is 0 Å². The zero-order valence-corrected chi connectivity index (χ0v) is 21.4. The van der Waals surface area contributed by atoms with Crippen LogP contribution in [0.25, 0.3) is 0 Å². The number of rotatable bonds is 10. The highest BCUT2D eigenvalue weighted by atomic mass is 16.5. The van der Waals surface area contributed by atoms with Crippen molar-refractivity contribution in [3.8, 4) is 23.0 Å². The van der Waals surface area contributed by atoms with Crippen LogP contribution >= 0.6 is 0 Å². The fourth-order valence-electron chi connectivity index (χ4n) is 4.81. The second-order valence-electron chi connectivity index (χ2n) is 9.20. The van der Waals surface area contributed by atoms with E-state index < -0.39 is 0 Å². The fourth-order valence-corrected chi connectivity index (χ4v) is 4.81. The minimum atomic E-state index is 0.187. The van der Waals surface area contributed by atoms with Crippen LogP contribution in [0.5, 0.6) is 23.0 Å². The van der Waals surface area contributed by atoms with Crippen molar-refractivity contribution in [1.82, 2.24) is 5.32 Å². The standard InChI is InChI=1S/C32H33NO4/c1-34-27-13-14-28-26(20-27)15-16-33-29(28)17-25-18-30(36-21-23-9-5-3-6-10-23)32(35-2)31(19-25)37-22-24-11-7-4-8-12-24/h3-14,18-20,29,33H,15-17,21-22H2,1-2H3/t29-/m1/s1. The molecule has 1 atom stereocenters. The smallest absolute Gasteiger partial charge is 0.203 e. The Bertz CT molecular complexity index is 1240. The lowest BCUT2D eigenvalue weighted by Gasteiger charge is -2.28. The fraction of sp³-hybridized carbons (Fsp3) is 0.250. The van der Waals surface area contributed by atoms with E-state index in [1.54, 1.807) is 14.2 Å². The average molecular weight is 496 g/mol. The van der Waals surface area contributed by atoms with E-state index in [-0.39, 0.29) is 6.04 Å². The maximum Gasteiger partial charge on any atom is 0.203 e. The topological polar surface area (TPSA) is 49.0 Å². The number of ether oxygens (including phenoxy) is 4. The maximum absolute atomic E-state index is 6.29. The lowest BCUT2D eigenvalue weighted by atomic mass is 9.90. The third-order valence-corrected chi connectivity index (χ3v) is 6.71. The van der Waals surface area contributed by atoms with E-state index in [2.05, 4.69) is 53.8 Å². The zero-order valence-electron chi connectivity index (χ0n) is 21.4. The Hall–Kier alpha value is -3.96. The first-order chi connectivity index (χ1) is 18.2. The van der Waals surface area contributed by atoms with Gasteiger partial charge in [-0.1, -0.05) is 66.7 Å². The molecule has 1 N–H and O–H groups in total. The van der Waals surface area contributed by atoms with Gasteiger partial charge in [-0.3, -0.25) is 0 Å². The first kappa shape index (κ1) is 24.7. The molecule has 0 unspecified atom stereocenters. The van der Waals surface area contributed by atoms with Gasteiger partial charge in [0.15, 0.2) is 11.5 Å². The van der Waals surface area contributed by atoms with Crippen molar-refractivity contribution in [1.29, 1.82) is 0 Å². The number of benzene rings is 4. The molecular formula is C32H33NO4. The van der Waals surface area contributed by atoms with Gasteiger partial charge in [0.25, 0.3) is 0 Å². The normalized spacial score (nSPS) is 14.5. The van der Waals surface area contributed by atoms with E-state index in [0.717, 1.165) is 41.8 Å². The number of fused-ring (bicyclic) bond motifs is 1. The van der Waals surface area contributed by atoms with E-state index in [4.69, 9.17) is 18.9 Å². The molecule has 37 heavy (non-hydrogen) atoms. The molecule has 0 radical (unpaired) electrons. The molecule has 0 saturated carbocycles. The lowest BCUT2D eigenvalue weighted by Crippen LogP contribution is -2.31. The molecule has 0 fully saturated rings. The van der Waals surface area contributed by atoms with Crippen molar-refractivity contribution >= 4 is 0 Å². The average Bonchev–Trinajstić information content (AvgIpc) is 2.95. The predicted molar refractivity (Wildman–Crippen MR) is 146 cm³/mol. The zero-order chi connectivity index (χ0) is 25.5. The summed E-state index contributed by atoms with van der Waals surface area (Å²) in [4.78, 5) is 0. The Balaban J connectivity index is 1.44. The Morgan fingerprint density at radius 3 is 1.89 bits per heavy atom. The highest BCUT2D eigenvalue weighted by Gasteiger charge is 2.23. The van der Waals surface area contributed by atoms with Gasteiger partial charge in [0.05, 0.1) is 14.2 Å². The van der Waals surface area contributed by atoms with Crippen LogP contribution in [0, 0.1) is 0 Å². The summed E-state index contributed by atoms with van der Waals surface area (Å²) in [6, 6.07) is 31.0. The Morgan fingerprint density at radius 2 is 1.32 bits per heavy atom. The first-order valence-corrected chi connectivity index (χ1v) is 12.7. The van der Waals surface area contributed by atoms with Crippen molar-refractivity contribution in [3.05, 3.63) is 119 Å². The van der Waals surface area contributed by atoms with Crippen LogP contribution in [0.4, 0.5) is 0 Å². The van der Waals surface area contributed by atoms with E-state index in [1.807, 2.05) is 42.5 Å². The maximum atomic E-state index is 6.29. The summed E-state index contributed by atoms with van der Waals surface area (Å²) >= 11 is 0. The van der Waals surface area contributed by atoms with Crippen LogP contribution < -0.4 is 24.3 Å². The summed E-state index contributed by atoms with van der Waals surface area (Å²) in [6.07, 6.45) is 1.79. The number of hydrogen-bond acceptors (Lipinski definition) is 5. The molecule has 0 bridgehead atoms. The third kappa shape index (κ3) is 6.07. The Kier molecular flexibility index (Phi) is 7.92. The molecule has 1 aliphatic rings. The Labute approximate surface area is 219 Å². The van der Waals surface area contributed by atoms with Crippen LogP contribution in [0.15, 0.2) is 91.0 Å². The molecule has 0 amide bonds. The molecule has 5 nitrogen and oxygen atoms in total. The minimum Gasteiger partial charge on any atom is -0.497 e. The summed E-state index contributed by atoms with van der Waals surface area (Å²) in [7, 11) is 3.37. The summed E-state index contributed by atoms with van der Waals surface area (Å²) in [5, 5.41) is 3.69. The van der Waals surface area contributed by atoms with Gasteiger partial charge in [-0.05, 0) is 71.5 Å². The summed E-state index contributed by atoms with van der Waals surface area (Å²) < 4.78 is 23.8. The van der Waals surface area contributed by atoms with E-state index in [0.29, 0.717) is 30.5 Å². The number of hydrogen-bond donors (Lipinski definition) is 1. The largest absolute Gasteiger partial charge is 0.497 e. The number of nitrogens with one attached hydrogen (secondary N) is 1. The second kappa shape index (κ2) is 11.8. The predicted octanol–water partition coefficient (Wildman–Crippen LogP) is 6.29. The molecule has 0 saturated heterocycles. The van der Waals surface area contributed by atoms with Crippen LogP contribution in [0.2, 0.25) is 0 Å². The van der Waals surface area contributed by atoms with Gasteiger partial charge in [-0.15, -0.1) is 0 Å². The van der Waals surface area contributed by atoms with Gasteiger partial charge >= 0.3 is 0 Å². The van der Waals surface area contributed by atoms with Gasteiger partial charge in [0, 0.05) is 6.04 Å². The van der Waals surface area contributed by atoms with Gasteiger partial charge in [-0.25, -0.2) is 0 Å². The van der Waals surface area contributed by atoms with Crippen LogP contribution in [-0.4, -0.2) is 20.8 Å². The van der Waals surface area contributed by atoms with Crippen LogP contribution in [0.3, 0.4) is 0 Å². The summed E-state index contributed by atoms with van der Waals surface area (Å²) in [6.45, 7) is 1.82. The lowest BCUT2D eigenvalue weighted by molar-refractivity contribution is 0.257.